The number of hydrogen-bond donors (Lipinski definition) is 2. The lowest BCUT2D eigenvalue weighted by Gasteiger charge is -2.08. The minimum absolute atomic E-state index is 0.266. The summed E-state index contributed by atoms with van der Waals surface area (Å²) < 4.78 is 26.8. The fraction of sp³-hybridized carbons (Fsp3) is 0.583. The number of nitrogens with one attached hydrogen (secondary N) is 2. The summed E-state index contributed by atoms with van der Waals surface area (Å²) in [6.45, 7) is 5.32. The molecule has 1 aromatic heterocycles. The summed E-state index contributed by atoms with van der Waals surface area (Å²) in [4.78, 5) is 4.32. The van der Waals surface area contributed by atoms with Gasteiger partial charge in [-0.25, -0.2) is 18.1 Å². The average molecular weight is 269 g/mol. The molecule has 2 unspecified atom stereocenters. The predicted molar refractivity (Wildman–Crippen MR) is 70.9 cm³/mol. The van der Waals surface area contributed by atoms with Crippen molar-refractivity contribution in [1.82, 2.24) is 9.71 Å². The van der Waals surface area contributed by atoms with Crippen LogP contribution in [-0.4, -0.2) is 26.5 Å². The molecule has 1 heterocycles. The van der Waals surface area contributed by atoms with Gasteiger partial charge < -0.3 is 5.32 Å². The van der Waals surface area contributed by atoms with Gasteiger partial charge in [-0.05, 0) is 31.2 Å². The standard InChI is InChI=1S/C12H19N3O2S/c1-3-13-12-7-11(4-5-14-12)18(16,17)15-8-10-6-9(10)2/h4-5,7,9-10,15H,3,6,8H2,1-2H3,(H,13,14). The molecular formula is C12H19N3O2S. The van der Waals surface area contributed by atoms with Gasteiger partial charge in [-0.3, -0.25) is 0 Å². The van der Waals surface area contributed by atoms with E-state index in [1.54, 1.807) is 6.07 Å². The van der Waals surface area contributed by atoms with Gasteiger partial charge in [0, 0.05) is 25.4 Å². The van der Waals surface area contributed by atoms with E-state index in [-0.39, 0.29) is 4.90 Å². The Kier molecular flexibility index (Phi) is 3.87. The molecule has 2 N–H and O–H groups in total. The summed E-state index contributed by atoms with van der Waals surface area (Å²) >= 11 is 0. The van der Waals surface area contributed by atoms with Crippen LogP contribution in [0.2, 0.25) is 0 Å². The first-order valence-electron chi connectivity index (χ1n) is 6.22. The summed E-state index contributed by atoms with van der Waals surface area (Å²) in [6, 6.07) is 3.07. The third-order valence-electron chi connectivity index (χ3n) is 3.21. The van der Waals surface area contributed by atoms with E-state index in [9.17, 15) is 8.42 Å². The van der Waals surface area contributed by atoms with Crippen LogP contribution in [0.25, 0.3) is 0 Å². The van der Waals surface area contributed by atoms with Gasteiger partial charge in [0.25, 0.3) is 0 Å². The number of pyridine rings is 1. The van der Waals surface area contributed by atoms with Crippen LogP contribution in [0.3, 0.4) is 0 Å². The van der Waals surface area contributed by atoms with Gasteiger partial charge in [-0.2, -0.15) is 0 Å². The first kappa shape index (κ1) is 13.3. The highest BCUT2D eigenvalue weighted by Crippen LogP contribution is 2.37. The number of hydrogen-bond acceptors (Lipinski definition) is 4. The quantitative estimate of drug-likeness (QED) is 0.820. The Morgan fingerprint density at radius 1 is 1.50 bits per heavy atom. The maximum absolute atomic E-state index is 12.1. The molecule has 0 amide bonds. The molecule has 100 valence electrons. The van der Waals surface area contributed by atoms with Crippen molar-refractivity contribution in [2.75, 3.05) is 18.4 Å². The van der Waals surface area contributed by atoms with E-state index in [1.807, 2.05) is 6.92 Å². The van der Waals surface area contributed by atoms with Crippen molar-refractivity contribution in [3.05, 3.63) is 18.3 Å². The van der Waals surface area contributed by atoms with Crippen LogP contribution < -0.4 is 10.0 Å². The molecule has 0 bridgehead atoms. The van der Waals surface area contributed by atoms with Gasteiger partial charge in [0.05, 0.1) is 4.90 Å². The zero-order valence-electron chi connectivity index (χ0n) is 10.7. The van der Waals surface area contributed by atoms with Crippen molar-refractivity contribution in [2.45, 2.75) is 25.2 Å². The second-order valence-electron chi connectivity index (χ2n) is 4.73. The molecule has 1 aliphatic carbocycles. The molecule has 5 nitrogen and oxygen atoms in total. The van der Waals surface area contributed by atoms with E-state index in [4.69, 9.17) is 0 Å². The van der Waals surface area contributed by atoms with Crippen molar-refractivity contribution in [3.8, 4) is 0 Å². The minimum Gasteiger partial charge on any atom is -0.370 e. The SMILES string of the molecule is CCNc1cc(S(=O)(=O)NCC2CC2C)ccn1. The largest absolute Gasteiger partial charge is 0.370 e. The Hall–Kier alpha value is -1.14. The van der Waals surface area contributed by atoms with Crippen LogP contribution in [0.1, 0.15) is 20.3 Å². The normalized spacial score (nSPS) is 22.8. The molecule has 18 heavy (non-hydrogen) atoms. The van der Waals surface area contributed by atoms with E-state index in [0.717, 1.165) is 6.42 Å². The van der Waals surface area contributed by atoms with Crippen LogP contribution in [0.15, 0.2) is 23.2 Å². The molecule has 0 saturated heterocycles. The Labute approximate surface area is 108 Å². The van der Waals surface area contributed by atoms with Crippen LogP contribution in [0.5, 0.6) is 0 Å². The summed E-state index contributed by atoms with van der Waals surface area (Å²) in [5, 5.41) is 3.00. The van der Waals surface area contributed by atoms with Crippen LogP contribution >= 0.6 is 0 Å². The highest BCUT2D eigenvalue weighted by molar-refractivity contribution is 7.89. The maximum atomic E-state index is 12.1. The van der Waals surface area contributed by atoms with E-state index in [2.05, 4.69) is 21.9 Å². The molecule has 0 radical (unpaired) electrons. The van der Waals surface area contributed by atoms with E-state index >= 15 is 0 Å². The lowest BCUT2D eigenvalue weighted by molar-refractivity contribution is 0.574. The molecule has 2 atom stereocenters. The lowest BCUT2D eigenvalue weighted by atomic mass is 10.3. The second kappa shape index (κ2) is 5.24. The van der Waals surface area contributed by atoms with E-state index < -0.39 is 10.0 Å². The smallest absolute Gasteiger partial charge is 0.240 e. The molecule has 2 rings (SSSR count). The Balaban J connectivity index is 2.05. The van der Waals surface area contributed by atoms with Crippen molar-refractivity contribution in [2.24, 2.45) is 11.8 Å². The monoisotopic (exact) mass is 269 g/mol. The lowest BCUT2D eigenvalue weighted by Crippen LogP contribution is -2.26. The van der Waals surface area contributed by atoms with Crippen LogP contribution in [-0.2, 0) is 10.0 Å². The van der Waals surface area contributed by atoms with Gasteiger partial charge in [0.2, 0.25) is 10.0 Å². The second-order valence-corrected chi connectivity index (χ2v) is 6.50. The Morgan fingerprint density at radius 2 is 2.22 bits per heavy atom. The van der Waals surface area contributed by atoms with Gasteiger partial charge >= 0.3 is 0 Å². The fourth-order valence-electron chi connectivity index (χ4n) is 1.84. The molecule has 0 aromatic carbocycles. The number of rotatable bonds is 6. The molecule has 1 fully saturated rings. The summed E-state index contributed by atoms with van der Waals surface area (Å²) in [6.07, 6.45) is 2.62. The first-order chi connectivity index (χ1) is 8.53. The number of anilines is 1. The van der Waals surface area contributed by atoms with Gasteiger partial charge in [-0.1, -0.05) is 6.92 Å². The molecule has 1 aliphatic rings. The van der Waals surface area contributed by atoms with E-state index in [0.29, 0.717) is 30.7 Å². The third kappa shape index (κ3) is 3.20. The molecule has 6 heteroatoms. The van der Waals surface area contributed by atoms with Crippen molar-refractivity contribution in [1.29, 1.82) is 0 Å². The Morgan fingerprint density at radius 3 is 2.83 bits per heavy atom. The van der Waals surface area contributed by atoms with Crippen LogP contribution in [0.4, 0.5) is 5.82 Å². The first-order valence-corrected chi connectivity index (χ1v) is 7.71. The molecular weight excluding hydrogens is 250 g/mol. The highest BCUT2D eigenvalue weighted by atomic mass is 32.2. The van der Waals surface area contributed by atoms with Crippen molar-refractivity contribution >= 4 is 15.8 Å². The summed E-state index contributed by atoms with van der Waals surface area (Å²) in [5.74, 6) is 1.72. The molecule has 1 saturated carbocycles. The van der Waals surface area contributed by atoms with Gasteiger partial charge in [0.1, 0.15) is 5.82 Å². The maximum Gasteiger partial charge on any atom is 0.240 e. The predicted octanol–water partition coefficient (Wildman–Crippen LogP) is 1.45. The van der Waals surface area contributed by atoms with E-state index in [1.165, 1.54) is 12.3 Å². The zero-order chi connectivity index (χ0) is 13.2. The summed E-state index contributed by atoms with van der Waals surface area (Å²) in [5.41, 5.74) is 0. The number of nitrogens with zero attached hydrogens (tertiary/aromatic N) is 1. The average Bonchev–Trinajstić information content (AvgIpc) is 3.04. The minimum atomic E-state index is -3.41. The Bertz CT molecular complexity index is 516. The van der Waals surface area contributed by atoms with Gasteiger partial charge in [0.15, 0.2) is 0 Å². The summed E-state index contributed by atoms with van der Waals surface area (Å²) in [7, 11) is -3.41. The third-order valence-corrected chi connectivity index (χ3v) is 4.63. The van der Waals surface area contributed by atoms with Crippen molar-refractivity contribution < 1.29 is 8.42 Å². The highest BCUT2D eigenvalue weighted by Gasteiger charge is 2.33. The fourth-order valence-corrected chi connectivity index (χ4v) is 2.95. The molecule has 1 aromatic rings. The topological polar surface area (TPSA) is 71.1 Å². The number of aromatic nitrogens is 1. The molecule has 0 spiro atoms. The van der Waals surface area contributed by atoms with Crippen molar-refractivity contribution in [3.63, 3.8) is 0 Å². The zero-order valence-corrected chi connectivity index (χ0v) is 11.5. The molecule has 0 aliphatic heterocycles. The number of sulfonamides is 1. The van der Waals surface area contributed by atoms with Crippen LogP contribution in [0, 0.1) is 11.8 Å². The van der Waals surface area contributed by atoms with Gasteiger partial charge in [-0.15, -0.1) is 0 Å².